The van der Waals surface area contributed by atoms with Crippen LogP contribution in [0, 0.1) is 0 Å². The van der Waals surface area contributed by atoms with E-state index in [4.69, 9.17) is 17.0 Å². The number of fused-ring (bicyclic) bond motifs is 1. The fourth-order valence-corrected chi connectivity index (χ4v) is 4.46. The van der Waals surface area contributed by atoms with E-state index in [-0.39, 0.29) is 17.9 Å². The van der Waals surface area contributed by atoms with Crippen LogP contribution in [0.2, 0.25) is 0 Å². The quantitative estimate of drug-likeness (QED) is 0.571. The zero-order chi connectivity index (χ0) is 20.5. The molecule has 2 aromatic carbocycles. The molecule has 0 bridgehead atoms. The summed E-state index contributed by atoms with van der Waals surface area (Å²) >= 11 is 6.72. The zero-order valence-corrected chi connectivity index (χ0v) is 17.5. The van der Waals surface area contributed by atoms with E-state index in [0.29, 0.717) is 20.6 Å². The molecule has 0 aromatic heterocycles. The van der Waals surface area contributed by atoms with Crippen molar-refractivity contribution in [2.24, 2.45) is 0 Å². The molecule has 4 rings (SSSR count). The van der Waals surface area contributed by atoms with Gasteiger partial charge in [0.15, 0.2) is 4.32 Å². The lowest BCUT2D eigenvalue weighted by molar-refractivity contribution is -0.114. The highest BCUT2D eigenvalue weighted by Gasteiger charge is 2.34. The Labute approximate surface area is 178 Å². The molecule has 2 amide bonds. The summed E-state index contributed by atoms with van der Waals surface area (Å²) in [5, 5.41) is 2.71. The standard InChI is InChI=1S/C22H18N2O3S2/c1-13-16(11-15-5-3-4-6-19(15)27-13)12-20-21(26)24(22(28)29-20)18-9-7-17(8-10-18)23-14(2)25/h3-13H,1-2H3,(H,23,25)/b20-12-/t13-/m0/s1. The third kappa shape index (κ3) is 3.97. The zero-order valence-electron chi connectivity index (χ0n) is 15.8. The molecule has 2 aliphatic rings. The van der Waals surface area contributed by atoms with Crippen LogP contribution in [0.1, 0.15) is 19.4 Å². The van der Waals surface area contributed by atoms with Gasteiger partial charge in [-0.15, -0.1) is 0 Å². The van der Waals surface area contributed by atoms with E-state index in [0.717, 1.165) is 16.9 Å². The molecule has 0 aliphatic carbocycles. The van der Waals surface area contributed by atoms with Crippen molar-refractivity contribution in [1.82, 2.24) is 0 Å². The number of thiocarbonyl (C=S) groups is 1. The van der Waals surface area contributed by atoms with E-state index in [9.17, 15) is 9.59 Å². The number of ether oxygens (including phenoxy) is 1. The third-order valence-electron chi connectivity index (χ3n) is 4.55. The van der Waals surface area contributed by atoms with Gasteiger partial charge in [-0.05, 0) is 55.0 Å². The Morgan fingerprint density at radius 2 is 1.93 bits per heavy atom. The van der Waals surface area contributed by atoms with Gasteiger partial charge in [-0.1, -0.05) is 42.2 Å². The van der Waals surface area contributed by atoms with Gasteiger partial charge in [0.2, 0.25) is 5.91 Å². The Balaban J connectivity index is 1.60. The molecule has 5 nitrogen and oxygen atoms in total. The van der Waals surface area contributed by atoms with E-state index in [1.165, 1.54) is 23.6 Å². The van der Waals surface area contributed by atoms with Crippen molar-refractivity contribution in [3.05, 3.63) is 70.6 Å². The van der Waals surface area contributed by atoms with Crippen LogP contribution in [0.3, 0.4) is 0 Å². The average Bonchev–Trinajstić information content (AvgIpc) is 2.96. The summed E-state index contributed by atoms with van der Waals surface area (Å²) in [5.41, 5.74) is 3.24. The summed E-state index contributed by atoms with van der Waals surface area (Å²) in [5.74, 6) is 0.521. The molecule has 0 unspecified atom stereocenters. The lowest BCUT2D eigenvalue weighted by atomic mass is 10.0. The predicted octanol–water partition coefficient (Wildman–Crippen LogP) is 4.76. The number of nitrogens with one attached hydrogen (secondary N) is 1. The summed E-state index contributed by atoms with van der Waals surface area (Å²) in [7, 11) is 0. The minimum absolute atomic E-state index is 0.148. The highest BCUT2D eigenvalue weighted by atomic mass is 32.2. The van der Waals surface area contributed by atoms with Crippen molar-refractivity contribution in [1.29, 1.82) is 0 Å². The molecule has 29 heavy (non-hydrogen) atoms. The maximum absolute atomic E-state index is 13.0. The number of thioether (sulfide) groups is 1. The van der Waals surface area contributed by atoms with Gasteiger partial charge in [0.05, 0.1) is 10.6 Å². The molecule has 2 aliphatic heterocycles. The first kappa shape index (κ1) is 19.4. The molecular weight excluding hydrogens is 404 g/mol. The van der Waals surface area contributed by atoms with Gasteiger partial charge in [0, 0.05) is 18.2 Å². The number of nitrogens with zero attached hydrogens (tertiary/aromatic N) is 1. The van der Waals surface area contributed by atoms with Gasteiger partial charge in [-0.25, -0.2) is 0 Å². The molecule has 7 heteroatoms. The smallest absolute Gasteiger partial charge is 0.270 e. The van der Waals surface area contributed by atoms with Gasteiger partial charge in [0.25, 0.3) is 5.91 Å². The van der Waals surface area contributed by atoms with Crippen molar-refractivity contribution in [2.75, 3.05) is 10.2 Å². The number of carbonyl (C=O) groups is 2. The first-order valence-electron chi connectivity index (χ1n) is 9.05. The summed E-state index contributed by atoms with van der Waals surface area (Å²) in [6.07, 6.45) is 3.73. The SMILES string of the molecule is CC(=O)Nc1ccc(N2C(=O)/C(=C/C3=Cc4ccccc4O[C@H]3C)SC2=S)cc1. The van der Waals surface area contributed by atoms with Gasteiger partial charge in [0.1, 0.15) is 11.9 Å². The topological polar surface area (TPSA) is 58.6 Å². The Hall–Kier alpha value is -2.90. The molecule has 1 saturated heterocycles. The van der Waals surface area contributed by atoms with Crippen LogP contribution in [-0.4, -0.2) is 22.2 Å². The predicted molar refractivity (Wildman–Crippen MR) is 121 cm³/mol. The molecule has 0 saturated carbocycles. The number of para-hydroxylation sites is 1. The fraction of sp³-hybridized carbons (Fsp3) is 0.136. The Bertz CT molecular complexity index is 1070. The lowest BCUT2D eigenvalue weighted by Gasteiger charge is -2.23. The van der Waals surface area contributed by atoms with Crippen LogP contribution in [-0.2, 0) is 9.59 Å². The average molecular weight is 423 g/mol. The highest BCUT2D eigenvalue weighted by Crippen LogP contribution is 2.38. The van der Waals surface area contributed by atoms with E-state index in [1.54, 1.807) is 24.3 Å². The second-order valence-corrected chi connectivity index (χ2v) is 8.36. The largest absolute Gasteiger partial charge is 0.485 e. The number of hydrogen-bond acceptors (Lipinski definition) is 5. The van der Waals surface area contributed by atoms with E-state index < -0.39 is 0 Å². The second kappa shape index (κ2) is 7.85. The Morgan fingerprint density at radius 1 is 1.21 bits per heavy atom. The van der Waals surface area contributed by atoms with Crippen molar-refractivity contribution >= 4 is 57.6 Å². The number of hydrogen-bond donors (Lipinski definition) is 1. The van der Waals surface area contributed by atoms with E-state index >= 15 is 0 Å². The van der Waals surface area contributed by atoms with Gasteiger partial charge in [-0.2, -0.15) is 0 Å². The van der Waals surface area contributed by atoms with E-state index in [1.807, 2.05) is 43.3 Å². The molecule has 0 spiro atoms. The third-order valence-corrected chi connectivity index (χ3v) is 5.85. The minimum Gasteiger partial charge on any atom is -0.485 e. The minimum atomic E-state index is -0.167. The molecular formula is C22H18N2O3S2. The van der Waals surface area contributed by atoms with Crippen LogP contribution >= 0.6 is 24.0 Å². The van der Waals surface area contributed by atoms with Crippen LogP contribution < -0.4 is 15.0 Å². The molecule has 146 valence electrons. The van der Waals surface area contributed by atoms with Crippen LogP contribution in [0.4, 0.5) is 11.4 Å². The van der Waals surface area contributed by atoms with Gasteiger partial charge < -0.3 is 10.1 Å². The van der Waals surface area contributed by atoms with Crippen molar-refractivity contribution in [2.45, 2.75) is 20.0 Å². The van der Waals surface area contributed by atoms with Gasteiger partial charge >= 0.3 is 0 Å². The van der Waals surface area contributed by atoms with E-state index in [2.05, 4.69) is 5.32 Å². The summed E-state index contributed by atoms with van der Waals surface area (Å²) < 4.78 is 6.43. The van der Waals surface area contributed by atoms with Crippen molar-refractivity contribution in [3.63, 3.8) is 0 Å². The van der Waals surface area contributed by atoms with Crippen LogP contribution in [0.25, 0.3) is 6.08 Å². The molecule has 1 atom stereocenters. The monoisotopic (exact) mass is 422 g/mol. The Morgan fingerprint density at radius 3 is 2.66 bits per heavy atom. The molecule has 0 radical (unpaired) electrons. The summed E-state index contributed by atoms with van der Waals surface area (Å²) in [6, 6.07) is 14.8. The van der Waals surface area contributed by atoms with Crippen LogP contribution in [0.5, 0.6) is 5.75 Å². The number of carbonyl (C=O) groups excluding carboxylic acids is 2. The normalized spacial score (nSPS) is 19.7. The maximum Gasteiger partial charge on any atom is 0.270 e. The molecule has 1 fully saturated rings. The number of benzene rings is 2. The molecule has 2 heterocycles. The Kier molecular flexibility index (Phi) is 5.25. The number of anilines is 2. The first-order chi connectivity index (χ1) is 13.9. The lowest BCUT2D eigenvalue weighted by Crippen LogP contribution is -2.27. The van der Waals surface area contributed by atoms with Crippen LogP contribution in [0.15, 0.2) is 65.1 Å². The van der Waals surface area contributed by atoms with Crippen molar-refractivity contribution in [3.8, 4) is 5.75 Å². The fourth-order valence-electron chi connectivity index (χ4n) is 3.16. The van der Waals surface area contributed by atoms with Crippen molar-refractivity contribution < 1.29 is 14.3 Å². The molecule has 2 aromatic rings. The maximum atomic E-state index is 13.0. The summed E-state index contributed by atoms with van der Waals surface area (Å²) in [6.45, 7) is 3.41. The second-order valence-electron chi connectivity index (χ2n) is 6.69. The number of amides is 2. The first-order valence-corrected chi connectivity index (χ1v) is 10.3. The highest BCUT2D eigenvalue weighted by molar-refractivity contribution is 8.27. The summed E-state index contributed by atoms with van der Waals surface area (Å²) in [4.78, 5) is 26.3. The van der Waals surface area contributed by atoms with Gasteiger partial charge in [-0.3, -0.25) is 14.5 Å². The molecule has 1 N–H and O–H groups in total. The number of rotatable bonds is 3.